The number of aromatic nitrogens is 4. The zero-order chi connectivity index (χ0) is 27.5. The topological polar surface area (TPSA) is 99.2 Å². The highest BCUT2D eigenvalue weighted by molar-refractivity contribution is 5.98. The van der Waals surface area contributed by atoms with Crippen LogP contribution in [0.25, 0.3) is 28.4 Å². The van der Waals surface area contributed by atoms with Gasteiger partial charge in [0.25, 0.3) is 0 Å². The number of likely N-dealkylation sites (tertiary alicyclic amines) is 1. The third-order valence-corrected chi connectivity index (χ3v) is 6.99. The predicted molar refractivity (Wildman–Crippen MR) is 152 cm³/mol. The number of para-hydroxylation sites is 1. The van der Waals surface area contributed by atoms with Gasteiger partial charge in [0.05, 0.1) is 11.4 Å². The van der Waals surface area contributed by atoms with Gasteiger partial charge in [-0.3, -0.25) is 4.79 Å². The minimum atomic E-state index is -0.365. The van der Waals surface area contributed by atoms with Gasteiger partial charge >= 0.3 is 0 Å². The molecule has 3 heterocycles. The summed E-state index contributed by atoms with van der Waals surface area (Å²) in [6.45, 7) is 1.06. The summed E-state index contributed by atoms with van der Waals surface area (Å²) in [4.78, 5) is 23.5. The van der Waals surface area contributed by atoms with Crippen LogP contribution in [0.3, 0.4) is 0 Å². The summed E-state index contributed by atoms with van der Waals surface area (Å²) in [7, 11) is 0. The van der Waals surface area contributed by atoms with Crippen molar-refractivity contribution in [1.82, 2.24) is 24.6 Å². The number of nitrogen functional groups attached to an aromatic ring is 1. The summed E-state index contributed by atoms with van der Waals surface area (Å²) in [5.41, 5.74) is 8.83. The number of rotatable bonds is 6. The molecule has 0 radical (unpaired) electrons. The van der Waals surface area contributed by atoms with Crippen molar-refractivity contribution >= 4 is 28.8 Å². The fourth-order valence-electron chi connectivity index (χ4n) is 4.99. The predicted octanol–water partition coefficient (Wildman–Crippen LogP) is 5.88. The van der Waals surface area contributed by atoms with Crippen LogP contribution in [-0.4, -0.2) is 43.6 Å². The lowest BCUT2D eigenvalue weighted by molar-refractivity contribution is -0.127. The third-order valence-electron chi connectivity index (χ3n) is 6.99. The van der Waals surface area contributed by atoms with E-state index in [1.807, 2.05) is 59.3 Å². The van der Waals surface area contributed by atoms with Gasteiger partial charge in [0.1, 0.15) is 35.2 Å². The summed E-state index contributed by atoms with van der Waals surface area (Å²) < 4.78 is 21.8. The monoisotopic (exact) mass is 534 g/mol. The lowest BCUT2D eigenvalue weighted by Gasteiger charge is -2.32. The molecule has 1 amide bonds. The molecule has 6 rings (SSSR count). The first kappa shape index (κ1) is 25.2. The SMILES string of the molecule is Nc1ncnc2c1c(-c1ccc(Oc3ccccc3)cc1)nn2C1CCCN(C(=O)C=Cc2ccccc2F)C1. The zero-order valence-corrected chi connectivity index (χ0v) is 21.7. The van der Waals surface area contributed by atoms with Crippen LogP contribution in [0.4, 0.5) is 10.2 Å². The zero-order valence-electron chi connectivity index (χ0n) is 21.7. The van der Waals surface area contributed by atoms with Gasteiger partial charge < -0.3 is 15.4 Å². The maximum absolute atomic E-state index is 14.0. The van der Waals surface area contributed by atoms with Gasteiger partial charge in [-0.1, -0.05) is 36.4 Å². The Morgan fingerprint density at radius 1 is 0.975 bits per heavy atom. The molecular weight excluding hydrogens is 507 g/mol. The Morgan fingerprint density at radius 2 is 1.73 bits per heavy atom. The van der Waals surface area contributed by atoms with Crippen molar-refractivity contribution in [3.8, 4) is 22.8 Å². The molecule has 0 bridgehead atoms. The van der Waals surface area contributed by atoms with Gasteiger partial charge in [0, 0.05) is 30.3 Å². The summed E-state index contributed by atoms with van der Waals surface area (Å²) in [5, 5.41) is 5.61. The second-order valence-electron chi connectivity index (χ2n) is 9.63. The van der Waals surface area contributed by atoms with E-state index in [0.29, 0.717) is 46.9 Å². The van der Waals surface area contributed by atoms with Crippen molar-refractivity contribution in [2.75, 3.05) is 18.8 Å². The van der Waals surface area contributed by atoms with E-state index in [1.54, 1.807) is 23.1 Å². The van der Waals surface area contributed by atoms with Crippen molar-refractivity contribution in [3.05, 3.63) is 103 Å². The van der Waals surface area contributed by atoms with Crippen LogP contribution in [-0.2, 0) is 4.79 Å². The number of anilines is 1. The normalized spacial score (nSPS) is 15.5. The van der Waals surface area contributed by atoms with E-state index in [1.165, 1.54) is 24.5 Å². The minimum Gasteiger partial charge on any atom is -0.457 e. The molecule has 3 aromatic carbocycles. The molecule has 1 aliphatic heterocycles. The Morgan fingerprint density at radius 3 is 2.52 bits per heavy atom. The molecule has 200 valence electrons. The molecule has 40 heavy (non-hydrogen) atoms. The highest BCUT2D eigenvalue weighted by Gasteiger charge is 2.28. The molecule has 1 fully saturated rings. The van der Waals surface area contributed by atoms with Crippen LogP contribution in [0.1, 0.15) is 24.4 Å². The number of nitrogens with zero attached hydrogens (tertiary/aromatic N) is 5. The molecule has 0 saturated carbocycles. The van der Waals surface area contributed by atoms with Crippen molar-refractivity contribution in [2.24, 2.45) is 0 Å². The fraction of sp³-hybridized carbons (Fsp3) is 0.161. The summed E-state index contributed by atoms with van der Waals surface area (Å²) >= 11 is 0. The van der Waals surface area contributed by atoms with Crippen molar-refractivity contribution in [3.63, 3.8) is 0 Å². The number of ether oxygens (including phenoxy) is 1. The smallest absolute Gasteiger partial charge is 0.246 e. The van der Waals surface area contributed by atoms with Gasteiger partial charge in [0.2, 0.25) is 5.91 Å². The first-order valence-electron chi connectivity index (χ1n) is 13.1. The van der Waals surface area contributed by atoms with Gasteiger partial charge in [-0.05, 0) is 61.4 Å². The van der Waals surface area contributed by atoms with E-state index in [0.717, 1.165) is 24.2 Å². The van der Waals surface area contributed by atoms with E-state index >= 15 is 0 Å². The number of amides is 1. The van der Waals surface area contributed by atoms with E-state index in [4.69, 9.17) is 15.6 Å². The van der Waals surface area contributed by atoms with Crippen LogP contribution in [0, 0.1) is 5.82 Å². The van der Waals surface area contributed by atoms with E-state index < -0.39 is 0 Å². The Hall–Kier alpha value is -5.05. The summed E-state index contributed by atoms with van der Waals surface area (Å²) in [6, 6.07) is 23.5. The number of halogens is 1. The van der Waals surface area contributed by atoms with Crippen LogP contribution >= 0.6 is 0 Å². The van der Waals surface area contributed by atoms with Crippen molar-refractivity contribution in [2.45, 2.75) is 18.9 Å². The lowest BCUT2D eigenvalue weighted by atomic mass is 10.1. The molecule has 1 atom stereocenters. The number of fused-ring (bicyclic) bond motifs is 1. The Balaban J connectivity index is 1.26. The van der Waals surface area contributed by atoms with Crippen molar-refractivity contribution < 1.29 is 13.9 Å². The molecule has 1 saturated heterocycles. The highest BCUT2D eigenvalue weighted by Crippen LogP contribution is 2.35. The number of hydrogen-bond donors (Lipinski definition) is 1. The number of nitrogens with two attached hydrogens (primary N) is 1. The van der Waals surface area contributed by atoms with Crippen LogP contribution < -0.4 is 10.5 Å². The lowest BCUT2D eigenvalue weighted by Crippen LogP contribution is -2.40. The molecule has 2 N–H and O–H groups in total. The first-order valence-corrected chi connectivity index (χ1v) is 13.1. The van der Waals surface area contributed by atoms with E-state index in [-0.39, 0.29) is 17.8 Å². The van der Waals surface area contributed by atoms with E-state index in [2.05, 4.69) is 9.97 Å². The second kappa shape index (κ2) is 11.0. The highest BCUT2D eigenvalue weighted by atomic mass is 19.1. The fourth-order valence-corrected chi connectivity index (χ4v) is 4.99. The molecule has 5 aromatic rings. The summed E-state index contributed by atoms with van der Waals surface area (Å²) in [5.74, 6) is 1.26. The number of benzene rings is 3. The average Bonchev–Trinajstić information content (AvgIpc) is 3.39. The molecule has 9 heteroatoms. The van der Waals surface area contributed by atoms with Crippen LogP contribution in [0.2, 0.25) is 0 Å². The Kier molecular flexibility index (Phi) is 6.93. The minimum absolute atomic E-state index is 0.106. The molecule has 1 unspecified atom stereocenters. The molecule has 2 aromatic heterocycles. The number of carbonyl (C=O) groups excluding carboxylic acids is 1. The van der Waals surface area contributed by atoms with Gasteiger partial charge in [-0.2, -0.15) is 5.10 Å². The average molecular weight is 535 g/mol. The van der Waals surface area contributed by atoms with Crippen LogP contribution in [0.5, 0.6) is 11.5 Å². The molecule has 0 aliphatic carbocycles. The maximum Gasteiger partial charge on any atom is 0.246 e. The molecule has 0 spiro atoms. The van der Waals surface area contributed by atoms with Gasteiger partial charge in [-0.15, -0.1) is 0 Å². The van der Waals surface area contributed by atoms with Crippen molar-refractivity contribution in [1.29, 1.82) is 0 Å². The second-order valence-corrected chi connectivity index (χ2v) is 9.63. The first-order chi connectivity index (χ1) is 19.6. The molecule has 1 aliphatic rings. The third kappa shape index (κ3) is 5.13. The number of carbonyl (C=O) groups is 1. The largest absolute Gasteiger partial charge is 0.457 e. The number of hydrogen-bond acceptors (Lipinski definition) is 6. The number of piperidine rings is 1. The van der Waals surface area contributed by atoms with Crippen LogP contribution in [0.15, 0.2) is 91.3 Å². The quantitative estimate of drug-likeness (QED) is 0.273. The van der Waals surface area contributed by atoms with E-state index in [9.17, 15) is 9.18 Å². The Bertz CT molecular complexity index is 1680. The Labute approximate surface area is 230 Å². The molecule has 8 nitrogen and oxygen atoms in total. The maximum atomic E-state index is 14.0. The van der Waals surface area contributed by atoms with Gasteiger partial charge in [0.15, 0.2) is 5.65 Å². The van der Waals surface area contributed by atoms with Gasteiger partial charge in [-0.25, -0.2) is 19.0 Å². The summed E-state index contributed by atoms with van der Waals surface area (Å²) in [6.07, 6.45) is 5.99. The standard InChI is InChI=1S/C31H27FN6O2/c32-26-11-5-4-7-21(26)14-17-27(39)37-18-6-8-23(19-37)38-31-28(30(33)34-20-35-31)29(36-38)22-12-15-25(16-13-22)40-24-9-2-1-3-10-24/h1-5,7,9-17,20,23H,6,8,18-19H2,(H2,33,34,35). The molecular formula is C31H27FN6O2.